The minimum Gasteiger partial charge on any atom is -0.374 e. The van der Waals surface area contributed by atoms with Crippen molar-refractivity contribution in [3.05, 3.63) is 0 Å². The van der Waals surface area contributed by atoms with Gasteiger partial charge in [-0.15, -0.1) is 0 Å². The fraction of sp³-hybridized carbons (Fsp3) is 1.00. The monoisotopic (exact) mass is 222 g/mol. The van der Waals surface area contributed by atoms with Crippen LogP contribution in [0.1, 0.15) is 13.3 Å². The second-order valence-electron chi connectivity index (χ2n) is 3.98. The lowest BCUT2D eigenvalue weighted by Crippen LogP contribution is -2.37. The van der Waals surface area contributed by atoms with E-state index >= 15 is 0 Å². The first kappa shape index (κ1) is 12.8. The Balaban J connectivity index is 2.08. The van der Waals surface area contributed by atoms with Crippen molar-refractivity contribution >= 4 is 0 Å². The molecule has 0 saturated carbocycles. The highest BCUT2D eigenvalue weighted by molar-refractivity contribution is 4.72. The molecule has 1 saturated heterocycles. The van der Waals surface area contributed by atoms with E-state index in [0.29, 0.717) is 12.6 Å². The van der Waals surface area contributed by atoms with Gasteiger partial charge < -0.3 is 10.1 Å². The van der Waals surface area contributed by atoms with Crippen molar-refractivity contribution in [1.82, 2.24) is 10.2 Å². The lowest BCUT2D eigenvalue weighted by molar-refractivity contribution is 0.00977. The van der Waals surface area contributed by atoms with Crippen LogP contribution >= 0.6 is 0 Å². The molecule has 0 radical (unpaired) electrons. The number of rotatable bonds is 5. The molecule has 15 heavy (non-hydrogen) atoms. The van der Waals surface area contributed by atoms with Gasteiger partial charge in [0.1, 0.15) is 6.61 Å². The van der Waals surface area contributed by atoms with Crippen molar-refractivity contribution in [3.63, 3.8) is 0 Å². The molecule has 0 aromatic rings. The van der Waals surface area contributed by atoms with E-state index < -0.39 is 13.0 Å². The first-order chi connectivity index (χ1) is 7.18. The summed E-state index contributed by atoms with van der Waals surface area (Å²) in [5, 5.41) is 3.38. The predicted molar refractivity (Wildman–Crippen MR) is 55.3 cm³/mol. The van der Waals surface area contributed by atoms with Crippen molar-refractivity contribution in [2.45, 2.75) is 25.8 Å². The van der Waals surface area contributed by atoms with Crippen LogP contribution in [-0.4, -0.2) is 56.8 Å². The summed E-state index contributed by atoms with van der Waals surface area (Å²) >= 11 is 0. The van der Waals surface area contributed by atoms with Crippen LogP contribution in [0, 0.1) is 0 Å². The zero-order valence-corrected chi connectivity index (χ0v) is 9.22. The molecule has 0 bridgehead atoms. The van der Waals surface area contributed by atoms with Gasteiger partial charge in [-0.05, 0) is 26.4 Å². The molecule has 1 N–H and O–H groups in total. The third-order valence-electron chi connectivity index (χ3n) is 2.47. The highest BCUT2D eigenvalue weighted by Crippen LogP contribution is 2.00. The zero-order valence-electron chi connectivity index (χ0n) is 9.22. The van der Waals surface area contributed by atoms with Crippen molar-refractivity contribution in [1.29, 1.82) is 0 Å². The summed E-state index contributed by atoms with van der Waals surface area (Å²) in [5.74, 6) is 0. The van der Waals surface area contributed by atoms with Crippen molar-refractivity contribution < 1.29 is 13.5 Å². The Morgan fingerprint density at radius 2 is 2.33 bits per heavy atom. The molecule has 90 valence electrons. The Labute approximate surface area is 89.8 Å². The maximum Gasteiger partial charge on any atom is 0.261 e. The van der Waals surface area contributed by atoms with E-state index in [1.54, 1.807) is 0 Å². The largest absolute Gasteiger partial charge is 0.374 e. The zero-order chi connectivity index (χ0) is 11.1. The van der Waals surface area contributed by atoms with Crippen LogP contribution in [0.25, 0.3) is 0 Å². The second kappa shape index (κ2) is 7.09. The SMILES string of the molecule is CC1CN(CCOCC(F)F)CCCN1. The van der Waals surface area contributed by atoms with Crippen LogP contribution < -0.4 is 5.32 Å². The number of hydrogen-bond donors (Lipinski definition) is 1. The number of alkyl halides is 2. The number of halogens is 2. The summed E-state index contributed by atoms with van der Waals surface area (Å²) in [7, 11) is 0. The molecule has 1 unspecified atom stereocenters. The second-order valence-corrected chi connectivity index (χ2v) is 3.98. The number of ether oxygens (including phenoxy) is 1. The Kier molecular flexibility index (Phi) is 6.05. The molecule has 1 fully saturated rings. The standard InChI is InChI=1S/C10H20F2N2O/c1-9-7-14(4-2-3-13-9)5-6-15-8-10(11)12/h9-10,13H,2-8H2,1H3. The molecule has 0 spiro atoms. The first-order valence-electron chi connectivity index (χ1n) is 5.50. The van der Waals surface area contributed by atoms with E-state index in [1.807, 2.05) is 0 Å². The molecular formula is C10H20F2N2O. The van der Waals surface area contributed by atoms with E-state index in [1.165, 1.54) is 0 Å². The summed E-state index contributed by atoms with van der Waals surface area (Å²) in [6, 6.07) is 0.475. The molecule has 0 amide bonds. The quantitative estimate of drug-likeness (QED) is 0.701. The average Bonchev–Trinajstić information content (AvgIpc) is 2.37. The van der Waals surface area contributed by atoms with Gasteiger partial charge >= 0.3 is 0 Å². The van der Waals surface area contributed by atoms with Gasteiger partial charge in [-0.3, -0.25) is 4.90 Å². The van der Waals surface area contributed by atoms with Crippen molar-refractivity contribution in [2.75, 3.05) is 39.4 Å². The fourth-order valence-electron chi connectivity index (χ4n) is 1.76. The highest BCUT2D eigenvalue weighted by Gasteiger charge is 2.13. The molecule has 3 nitrogen and oxygen atoms in total. The highest BCUT2D eigenvalue weighted by atomic mass is 19.3. The minimum absolute atomic E-state index is 0.400. The molecule has 1 heterocycles. The van der Waals surface area contributed by atoms with Crippen LogP contribution in [0.15, 0.2) is 0 Å². The Bertz CT molecular complexity index is 170. The summed E-state index contributed by atoms with van der Waals surface area (Å²) in [6.45, 7) is 5.87. The molecule has 0 aromatic heterocycles. The Hall–Kier alpha value is -0.260. The molecule has 1 aliphatic heterocycles. The molecule has 1 atom stereocenters. The van der Waals surface area contributed by atoms with Gasteiger partial charge in [0.05, 0.1) is 6.61 Å². The van der Waals surface area contributed by atoms with Gasteiger partial charge in [-0.1, -0.05) is 0 Å². The lowest BCUT2D eigenvalue weighted by Gasteiger charge is -2.21. The molecule has 5 heteroatoms. The van der Waals surface area contributed by atoms with Crippen LogP contribution in [0.4, 0.5) is 8.78 Å². The Morgan fingerprint density at radius 1 is 1.53 bits per heavy atom. The Morgan fingerprint density at radius 3 is 3.07 bits per heavy atom. The third kappa shape index (κ3) is 6.02. The minimum atomic E-state index is -2.35. The smallest absolute Gasteiger partial charge is 0.261 e. The van der Waals surface area contributed by atoms with E-state index in [-0.39, 0.29) is 0 Å². The molecule has 0 aromatic carbocycles. The molecular weight excluding hydrogens is 202 g/mol. The van der Waals surface area contributed by atoms with E-state index in [0.717, 1.165) is 32.6 Å². The normalized spacial score (nSPS) is 24.4. The first-order valence-corrected chi connectivity index (χ1v) is 5.50. The summed E-state index contributed by atoms with van der Waals surface area (Å²) in [5.41, 5.74) is 0. The number of nitrogens with one attached hydrogen (secondary N) is 1. The average molecular weight is 222 g/mol. The molecule has 1 rings (SSSR count). The van der Waals surface area contributed by atoms with Crippen LogP contribution in [-0.2, 0) is 4.74 Å². The van der Waals surface area contributed by atoms with Gasteiger partial charge in [0.25, 0.3) is 6.43 Å². The summed E-state index contributed by atoms with van der Waals surface area (Å²) in [6.07, 6.45) is -1.24. The van der Waals surface area contributed by atoms with Crippen LogP contribution in [0.5, 0.6) is 0 Å². The van der Waals surface area contributed by atoms with Gasteiger partial charge in [-0.25, -0.2) is 8.78 Å². The molecule has 0 aliphatic carbocycles. The predicted octanol–water partition coefficient (Wildman–Crippen LogP) is 0.952. The van der Waals surface area contributed by atoms with Crippen LogP contribution in [0.2, 0.25) is 0 Å². The summed E-state index contributed by atoms with van der Waals surface area (Å²) in [4.78, 5) is 2.26. The third-order valence-corrected chi connectivity index (χ3v) is 2.47. The van der Waals surface area contributed by atoms with E-state index in [4.69, 9.17) is 4.74 Å². The van der Waals surface area contributed by atoms with Crippen LogP contribution in [0.3, 0.4) is 0 Å². The van der Waals surface area contributed by atoms with Gasteiger partial charge in [-0.2, -0.15) is 0 Å². The molecule has 1 aliphatic rings. The number of nitrogens with zero attached hydrogens (tertiary/aromatic N) is 1. The van der Waals surface area contributed by atoms with Gasteiger partial charge in [0.2, 0.25) is 0 Å². The van der Waals surface area contributed by atoms with Crippen molar-refractivity contribution in [3.8, 4) is 0 Å². The van der Waals surface area contributed by atoms with E-state index in [9.17, 15) is 8.78 Å². The van der Waals surface area contributed by atoms with Gasteiger partial charge in [0, 0.05) is 19.1 Å². The number of hydrogen-bond acceptors (Lipinski definition) is 3. The topological polar surface area (TPSA) is 24.5 Å². The van der Waals surface area contributed by atoms with Gasteiger partial charge in [0.15, 0.2) is 0 Å². The lowest BCUT2D eigenvalue weighted by atomic mass is 10.3. The maximum absolute atomic E-state index is 11.8. The summed E-state index contributed by atoms with van der Waals surface area (Å²) < 4.78 is 28.4. The van der Waals surface area contributed by atoms with E-state index in [2.05, 4.69) is 17.1 Å². The van der Waals surface area contributed by atoms with Crippen molar-refractivity contribution in [2.24, 2.45) is 0 Å². The maximum atomic E-state index is 11.8. The fourth-order valence-corrected chi connectivity index (χ4v) is 1.76.